The van der Waals surface area contributed by atoms with E-state index in [1.54, 1.807) is 11.3 Å². The van der Waals surface area contributed by atoms with Crippen molar-refractivity contribution in [1.29, 1.82) is 0 Å². The van der Waals surface area contributed by atoms with E-state index in [9.17, 15) is 0 Å². The first-order chi connectivity index (χ1) is 5.83. The molecule has 0 aliphatic rings. The zero-order chi connectivity index (χ0) is 8.81. The van der Waals surface area contributed by atoms with Crippen molar-refractivity contribution in [3.63, 3.8) is 0 Å². The number of rotatable bonds is 5. The number of thioether (sulfide) groups is 1. The molecule has 0 unspecified atom stereocenters. The minimum absolute atomic E-state index is 1.15. The van der Waals surface area contributed by atoms with Crippen molar-refractivity contribution in [2.45, 2.75) is 37.4 Å². The lowest BCUT2D eigenvalue weighted by Gasteiger charge is -1.95. The summed E-state index contributed by atoms with van der Waals surface area (Å²) in [7, 11) is 0. The summed E-state index contributed by atoms with van der Waals surface area (Å²) < 4.78 is 1.23. The molecule has 0 amide bonds. The summed E-state index contributed by atoms with van der Waals surface area (Å²) in [4.78, 5) is 4.39. The number of hydrogen-bond donors (Lipinski definition) is 0. The van der Waals surface area contributed by atoms with Gasteiger partial charge in [0.15, 0.2) is 0 Å². The highest BCUT2D eigenvalue weighted by Gasteiger charge is 1.97. The number of thiazole rings is 1. The molecule has 3 heteroatoms. The Kier molecular flexibility index (Phi) is 4.69. The van der Waals surface area contributed by atoms with E-state index in [0.29, 0.717) is 0 Å². The largest absolute Gasteiger partial charge is 0.235 e. The van der Waals surface area contributed by atoms with Crippen molar-refractivity contribution in [3.05, 3.63) is 11.1 Å². The minimum atomic E-state index is 1.15. The van der Waals surface area contributed by atoms with Crippen molar-refractivity contribution >= 4 is 23.1 Å². The quantitative estimate of drug-likeness (QED) is 0.532. The highest BCUT2D eigenvalue weighted by Crippen LogP contribution is 2.23. The molecule has 0 spiro atoms. The fraction of sp³-hybridized carbons (Fsp3) is 0.667. The second-order valence-corrected chi connectivity index (χ2v) is 5.01. The van der Waals surface area contributed by atoms with Crippen LogP contribution in [0.1, 0.15) is 31.9 Å². The zero-order valence-corrected chi connectivity index (χ0v) is 9.30. The fourth-order valence-electron chi connectivity index (χ4n) is 0.910. The number of aromatic nitrogens is 1. The van der Waals surface area contributed by atoms with E-state index in [-0.39, 0.29) is 0 Å². The van der Waals surface area contributed by atoms with Crippen molar-refractivity contribution in [2.24, 2.45) is 0 Å². The van der Waals surface area contributed by atoms with Crippen LogP contribution in [0.2, 0.25) is 0 Å². The average Bonchev–Trinajstić information content (AvgIpc) is 2.45. The molecule has 1 aromatic heterocycles. The van der Waals surface area contributed by atoms with E-state index in [1.807, 2.05) is 18.7 Å². The molecule has 1 rings (SSSR count). The van der Waals surface area contributed by atoms with E-state index in [4.69, 9.17) is 0 Å². The molecule has 0 radical (unpaired) electrons. The van der Waals surface area contributed by atoms with Crippen LogP contribution in [-0.4, -0.2) is 10.7 Å². The van der Waals surface area contributed by atoms with Crippen molar-refractivity contribution in [3.8, 4) is 0 Å². The zero-order valence-electron chi connectivity index (χ0n) is 7.67. The third-order valence-electron chi connectivity index (χ3n) is 1.57. The van der Waals surface area contributed by atoms with Crippen LogP contribution < -0.4 is 0 Å². The molecule has 0 fully saturated rings. The first kappa shape index (κ1) is 10.1. The molecular weight excluding hydrogens is 186 g/mol. The second-order valence-electron chi connectivity index (χ2n) is 2.81. The Morgan fingerprint density at radius 1 is 1.50 bits per heavy atom. The van der Waals surface area contributed by atoms with Gasteiger partial charge in [-0.2, -0.15) is 0 Å². The van der Waals surface area contributed by atoms with Gasteiger partial charge in [0, 0.05) is 16.8 Å². The monoisotopic (exact) mass is 201 g/mol. The van der Waals surface area contributed by atoms with Gasteiger partial charge in [0.05, 0.1) is 0 Å². The molecule has 0 saturated heterocycles. The van der Waals surface area contributed by atoms with E-state index < -0.39 is 0 Å². The van der Waals surface area contributed by atoms with E-state index in [0.717, 1.165) is 5.69 Å². The summed E-state index contributed by atoms with van der Waals surface area (Å²) in [6.45, 7) is 4.28. The highest BCUT2D eigenvalue weighted by molar-refractivity contribution is 8.00. The van der Waals surface area contributed by atoms with Gasteiger partial charge >= 0.3 is 0 Å². The van der Waals surface area contributed by atoms with Crippen LogP contribution >= 0.6 is 23.1 Å². The maximum Gasteiger partial charge on any atom is 0.150 e. The van der Waals surface area contributed by atoms with E-state index in [2.05, 4.69) is 17.3 Å². The second kappa shape index (κ2) is 5.60. The van der Waals surface area contributed by atoms with Crippen LogP contribution in [0.5, 0.6) is 0 Å². The predicted molar refractivity (Wildman–Crippen MR) is 57.1 cm³/mol. The summed E-state index contributed by atoms with van der Waals surface area (Å²) >= 11 is 3.65. The lowest BCUT2D eigenvalue weighted by molar-refractivity contribution is 0.778. The van der Waals surface area contributed by atoms with Gasteiger partial charge in [0.25, 0.3) is 0 Å². The van der Waals surface area contributed by atoms with Crippen molar-refractivity contribution < 1.29 is 0 Å². The standard InChI is InChI=1S/C9H15NS2/c1-3-4-5-6-11-9-10-8(2)7-12-9/h7H,3-6H2,1-2H3. The Labute approximate surface area is 82.6 Å². The van der Waals surface area contributed by atoms with Gasteiger partial charge in [-0.1, -0.05) is 31.5 Å². The molecule has 0 aromatic carbocycles. The number of unbranched alkanes of at least 4 members (excludes halogenated alkanes) is 2. The summed E-state index contributed by atoms with van der Waals surface area (Å²) in [5, 5.41) is 2.11. The Bertz CT molecular complexity index is 220. The molecule has 68 valence electrons. The van der Waals surface area contributed by atoms with Gasteiger partial charge in [0.1, 0.15) is 4.34 Å². The first-order valence-corrected chi connectivity index (χ1v) is 6.24. The normalized spacial score (nSPS) is 10.5. The molecule has 0 atom stereocenters. The van der Waals surface area contributed by atoms with Gasteiger partial charge in [-0.05, 0) is 13.3 Å². The Hall–Kier alpha value is -0.0200. The number of nitrogens with zero attached hydrogens (tertiary/aromatic N) is 1. The van der Waals surface area contributed by atoms with Crippen LogP contribution in [-0.2, 0) is 0 Å². The predicted octanol–water partition coefficient (Wildman–Crippen LogP) is 3.73. The Morgan fingerprint density at radius 2 is 2.33 bits per heavy atom. The third kappa shape index (κ3) is 3.59. The molecule has 0 aliphatic heterocycles. The Balaban J connectivity index is 2.15. The molecule has 1 nitrogen and oxygen atoms in total. The summed E-state index contributed by atoms with van der Waals surface area (Å²) in [6, 6.07) is 0. The molecule has 0 saturated carbocycles. The summed E-state index contributed by atoms with van der Waals surface area (Å²) in [6.07, 6.45) is 3.97. The van der Waals surface area contributed by atoms with E-state index >= 15 is 0 Å². The SMILES string of the molecule is CCCCCSc1nc(C)cs1. The molecule has 12 heavy (non-hydrogen) atoms. The summed E-state index contributed by atoms with van der Waals surface area (Å²) in [5.41, 5.74) is 1.15. The maximum absolute atomic E-state index is 4.39. The van der Waals surface area contributed by atoms with Crippen LogP contribution in [0.3, 0.4) is 0 Å². The average molecular weight is 201 g/mol. The maximum atomic E-state index is 4.39. The van der Waals surface area contributed by atoms with Gasteiger partial charge in [-0.15, -0.1) is 11.3 Å². The third-order valence-corrected chi connectivity index (χ3v) is 3.80. The molecule has 1 aromatic rings. The highest BCUT2D eigenvalue weighted by atomic mass is 32.2. The van der Waals surface area contributed by atoms with Crippen molar-refractivity contribution in [1.82, 2.24) is 4.98 Å². The smallest absolute Gasteiger partial charge is 0.150 e. The van der Waals surface area contributed by atoms with Crippen LogP contribution in [0.25, 0.3) is 0 Å². The van der Waals surface area contributed by atoms with Gasteiger partial charge < -0.3 is 0 Å². The number of hydrogen-bond acceptors (Lipinski definition) is 3. The Morgan fingerprint density at radius 3 is 2.92 bits per heavy atom. The van der Waals surface area contributed by atoms with Crippen LogP contribution in [0.15, 0.2) is 9.72 Å². The number of aryl methyl sites for hydroxylation is 1. The van der Waals surface area contributed by atoms with Crippen molar-refractivity contribution in [2.75, 3.05) is 5.75 Å². The van der Waals surface area contributed by atoms with Crippen LogP contribution in [0, 0.1) is 6.92 Å². The summed E-state index contributed by atoms with van der Waals surface area (Å²) in [5.74, 6) is 1.22. The lowest BCUT2D eigenvalue weighted by atomic mass is 10.3. The molecule has 0 bridgehead atoms. The minimum Gasteiger partial charge on any atom is -0.235 e. The first-order valence-electron chi connectivity index (χ1n) is 4.38. The lowest BCUT2D eigenvalue weighted by Crippen LogP contribution is -1.79. The van der Waals surface area contributed by atoms with Gasteiger partial charge in [-0.25, -0.2) is 4.98 Å². The van der Waals surface area contributed by atoms with E-state index in [1.165, 1.54) is 29.4 Å². The fourth-order valence-corrected chi connectivity index (χ4v) is 2.83. The molecule has 0 aliphatic carbocycles. The van der Waals surface area contributed by atoms with Gasteiger partial charge in [-0.3, -0.25) is 0 Å². The molecule has 1 heterocycles. The van der Waals surface area contributed by atoms with Gasteiger partial charge in [0.2, 0.25) is 0 Å². The molecular formula is C9H15NS2. The topological polar surface area (TPSA) is 12.9 Å². The molecule has 0 N–H and O–H groups in total. The van der Waals surface area contributed by atoms with Crippen LogP contribution in [0.4, 0.5) is 0 Å².